The maximum atomic E-state index is 3.34. The molecule has 1 atom stereocenters. The molecule has 2 aliphatic rings. The van der Waals surface area contributed by atoms with Crippen molar-refractivity contribution in [1.29, 1.82) is 0 Å². The summed E-state index contributed by atoms with van der Waals surface area (Å²) < 4.78 is 0. The lowest BCUT2D eigenvalue weighted by atomic mass is 9.94. The summed E-state index contributed by atoms with van der Waals surface area (Å²) in [6, 6.07) is 6.84. The smallest absolute Gasteiger partial charge is 0.00175 e. The molecule has 0 saturated heterocycles. The van der Waals surface area contributed by atoms with Gasteiger partial charge in [0, 0.05) is 6.54 Å². The highest BCUT2D eigenvalue weighted by molar-refractivity contribution is 5.50. The monoisotopic (exact) mass is 201 g/mol. The van der Waals surface area contributed by atoms with Crippen LogP contribution in [-0.2, 0) is 5.41 Å². The van der Waals surface area contributed by atoms with E-state index in [1.165, 1.54) is 24.8 Å². The first-order valence-corrected chi connectivity index (χ1v) is 6.01. The highest BCUT2D eigenvalue weighted by atomic mass is 14.8. The molecule has 0 radical (unpaired) electrons. The summed E-state index contributed by atoms with van der Waals surface area (Å²) in [6.07, 6.45) is 4.23. The average molecular weight is 201 g/mol. The number of aryl methyl sites for hydroxylation is 1. The molecule has 1 spiro atoms. The van der Waals surface area contributed by atoms with Gasteiger partial charge >= 0.3 is 0 Å². The fourth-order valence-electron chi connectivity index (χ4n) is 3.47. The summed E-state index contributed by atoms with van der Waals surface area (Å²) in [4.78, 5) is 0. The Morgan fingerprint density at radius 2 is 2.20 bits per heavy atom. The van der Waals surface area contributed by atoms with Crippen molar-refractivity contribution in [1.82, 2.24) is 5.32 Å². The van der Waals surface area contributed by atoms with Crippen molar-refractivity contribution in [3.05, 3.63) is 34.9 Å². The fraction of sp³-hybridized carbons (Fsp3) is 0.571. The van der Waals surface area contributed by atoms with Crippen LogP contribution < -0.4 is 5.32 Å². The third-order valence-corrected chi connectivity index (χ3v) is 4.22. The normalized spacial score (nSPS) is 25.6. The molecule has 0 heterocycles. The first-order valence-electron chi connectivity index (χ1n) is 6.01. The van der Waals surface area contributed by atoms with Gasteiger partial charge in [0.05, 0.1) is 0 Å². The van der Waals surface area contributed by atoms with E-state index in [1.54, 1.807) is 11.1 Å². The lowest BCUT2D eigenvalue weighted by molar-refractivity contribution is 0.555. The Kier molecular flexibility index (Phi) is 1.93. The third kappa shape index (κ3) is 1.26. The summed E-state index contributed by atoms with van der Waals surface area (Å²) in [5, 5.41) is 3.34. The molecule has 1 nitrogen and oxygen atoms in total. The Balaban J connectivity index is 2.08. The highest BCUT2D eigenvalue weighted by Gasteiger charge is 2.52. The van der Waals surface area contributed by atoms with Crippen LogP contribution in [0.15, 0.2) is 18.2 Å². The van der Waals surface area contributed by atoms with E-state index in [1.807, 2.05) is 0 Å². The first kappa shape index (κ1) is 9.41. The van der Waals surface area contributed by atoms with E-state index in [9.17, 15) is 0 Å². The van der Waals surface area contributed by atoms with Crippen LogP contribution in [0.4, 0.5) is 0 Å². The summed E-state index contributed by atoms with van der Waals surface area (Å²) in [5.74, 6) is 0.757. The van der Waals surface area contributed by atoms with Gasteiger partial charge in [-0.3, -0.25) is 0 Å². The molecular formula is C14H19N. The predicted octanol–water partition coefficient (Wildman–Crippen LogP) is 2.73. The third-order valence-electron chi connectivity index (χ3n) is 4.22. The molecule has 0 aliphatic heterocycles. The van der Waals surface area contributed by atoms with Crippen molar-refractivity contribution in [2.75, 3.05) is 13.6 Å². The minimum absolute atomic E-state index is 0.599. The van der Waals surface area contributed by atoms with Gasteiger partial charge in [0.1, 0.15) is 0 Å². The Morgan fingerprint density at radius 3 is 2.87 bits per heavy atom. The van der Waals surface area contributed by atoms with Crippen LogP contribution in [0.1, 0.15) is 41.9 Å². The minimum atomic E-state index is 0.599. The lowest BCUT2D eigenvalue weighted by Gasteiger charge is -2.11. The van der Waals surface area contributed by atoms with Gasteiger partial charge in [0.2, 0.25) is 0 Å². The topological polar surface area (TPSA) is 12.0 Å². The van der Waals surface area contributed by atoms with Gasteiger partial charge < -0.3 is 5.32 Å². The van der Waals surface area contributed by atoms with Crippen LogP contribution in [0.3, 0.4) is 0 Å². The molecule has 2 aliphatic carbocycles. The van der Waals surface area contributed by atoms with Gasteiger partial charge in [-0.15, -0.1) is 0 Å². The molecule has 3 rings (SSSR count). The van der Waals surface area contributed by atoms with E-state index in [2.05, 4.69) is 37.5 Å². The number of benzene rings is 1. The number of likely N-dealkylation sites (N-methyl/N-ethyl adjacent to an activating group) is 1. The fourth-order valence-corrected chi connectivity index (χ4v) is 3.47. The first-order chi connectivity index (χ1) is 7.27. The molecular weight excluding hydrogens is 182 g/mol. The van der Waals surface area contributed by atoms with Crippen LogP contribution in [-0.4, -0.2) is 13.6 Å². The molecule has 0 bridgehead atoms. The number of rotatable bonds is 2. The van der Waals surface area contributed by atoms with Crippen LogP contribution in [0.2, 0.25) is 0 Å². The Bertz CT molecular complexity index is 390. The van der Waals surface area contributed by atoms with E-state index in [0.717, 1.165) is 12.5 Å². The maximum absolute atomic E-state index is 3.34. The second-order valence-corrected chi connectivity index (χ2v) is 5.28. The van der Waals surface area contributed by atoms with E-state index in [-0.39, 0.29) is 0 Å². The summed E-state index contributed by atoms with van der Waals surface area (Å²) in [5.41, 5.74) is 5.44. The van der Waals surface area contributed by atoms with Crippen LogP contribution in [0.5, 0.6) is 0 Å². The standard InChI is InChI=1S/C14H19N/c1-10-4-3-5-12-11(9-15-2)8-14(6-7-14)13(10)12/h3-5,11,15H,6-9H2,1-2H3. The van der Waals surface area contributed by atoms with E-state index >= 15 is 0 Å². The molecule has 0 amide bonds. The summed E-state index contributed by atoms with van der Waals surface area (Å²) in [6.45, 7) is 3.42. The van der Waals surface area contributed by atoms with Gasteiger partial charge in [0.15, 0.2) is 0 Å². The van der Waals surface area contributed by atoms with E-state index in [4.69, 9.17) is 0 Å². The highest BCUT2D eigenvalue weighted by Crippen LogP contribution is 2.61. The van der Waals surface area contributed by atoms with Crippen molar-refractivity contribution >= 4 is 0 Å². The zero-order chi connectivity index (χ0) is 10.5. The molecule has 0 aromatic heterocycles. The molecule has 1 aromatic carbocycles. The van der Waals surface area contributed by atoms with Crippen molar-refractivity contribution < 1.29 is 0 Å². The number of fused-ring (bicyclic) bond motifs is 2. The second kappa shape index (κ2) is 3.08. The minimum Gasteiger partial charge on any atom is -0.319 e. The zero-order valence-electron chi connectivity index (χ0n) is 9.64. The predicted molar refractivity (Wildman–Crippen MR) is 63.4 cm³/mol. The Hall–Kier alpha value is -0.820. The van der Waals surface area contributed by atoms with Crippen molar-refractivity contribution in [2.24, 2.45) is 0 Å². The summed E-state index contributed by atoms with van der Waals surface area (Å²) in [7, 11) is 2.06. The molecule has 15 heavy (non-hydrogen) atoms. The zero-order valence-corrected chi connectivity index (χ0v) is 9.64. The molecule has 1 heteroatoms. The largest absolute Gasteiger partial charge is 0.319 e. The van der Waals surface area contributed by atoms with Gasteiger partial charge in [0.25, 0.3) is 0 Å². The molecule has 80 valence electrons. The summed E-state index contributed by atoms with van der Waals surface area (Å²) >= 11 is 0. The average Bonchev–Trinajstić information content (AvgIpc) is 2.90. The van der Waals surface area contributed by atoms with Gasteiger partial charge in [-0.2, -0.15) is 0 Å². The number of hydrogen-bond acceptors (Lipinski definition) is 1. The van der Waals surface area contributed by atoms with Crippen LogP contribution in [0, 0.1) is 6.92 Å². The Morgan fingerprint density at radius 1 is 1.40 bits per heavy atom. The number of hydrogen-bond donors (Lipinski definition) is 1. The second-order valence-electron chi connectivity index (χ2n) is 5.28. The molecule has 1 fully saturated rings. The van der Waals surface area contributed by atoms with Gasteiger partial charge in [-0.25, -0.2) is 0 Å². The van der Waals surface area contributed by atoms with Crippen molar-refractivity contribution in [3.63, 3.8) is 0 Å². The SMILES string of the molecule is CNCC1CC2(CC2)c2c(C)cccc21. The van der Waals surface area contributed by atoms with Crippen LogP contribution >= 0.6 is 0 Å². The molecule has 1 saturated carbocycles. The molecule has 1 N–H and O–H groups in total. The van der Waals surface area contributed by atoms with Crippen LogP contribution in [0.25, 0.3) is 0 Å². The number of nitrogens with one attached hydrogen (secondary N) is 1. The van der Waals surface area contributed by atoms with Crippen molar-refractivity contribution in [3.8, 4) is 0 Å². The van der Waals surface area contributed by atoms with Gasteiger partial charge in [-0.1, -0.05) is 18.2 Å². The quantitative estimate of drug-likeness (QED) is 0.776. The molecule has 1 unspecified atom stereocenters. The maximum Gasteiger partial charge on any atom is 0.00175 e. The van der Waals surface area contributed by atoms with E-state index < -0.39 is 0 Å². The Labute approximate surface area is 91.9 Å². The lowest BCUT2D eigenvalue weighted by Crippen LogP contribution is -2.15. The van der Waals surface area contributed by atoms with Gasteiger partial charge in [-0.05, 0) is 61.3 Å². The van der Waals surface area contributed by atoms with Crippen molar-refractivity contribution in [2.45, 2.75) is 37.5 Å². The molecule has 1 aromatic rings. The van der Waals surface area contributed by atoms with E-state index in [0.29, 0.717) is 5.41 Å².